The molecule has 0 atom stereocenters. The van der Waals surface area contributed by atoms with E-state index >= 15 is 0 Å². The number of hydrazone groups is 1. The van der Waals surface area contributed by atoms with Gasteiger partial charge in [-0.05, 0) is 42.7 Å². The third kappa shape index (κ3) is 6.62. The highest BCUT2D eigenvalue weighted by Crippen LogP contribution is 2.18. The van der Waals surface area contributed by atoms with Crippen LogP contribution in [0.4, 0.5) is 5.69 Å². The van der Waals surface area contributed by atoms with Crippen molar-refractivity contribution in [2.75, 3.05) is 19.0 Å². The maximum absolute atomic E-state index is 12.1. The van der Waals surface area contributed by atoms with E-state index in [1.807, 2.05) is 0 Å². The number of carbonyl (C=O) groups excluding carboxylic acids is 3. The standard InChI is InChI=1S/C21H22N4O5/c1-29-17-6-3-5-16(11-17)23-19(26)13-30-18-7-2-4-14(10-18)12-22-25-21(28)20(27)24-15-8-9-15/h2-7,10-12,15H,8-9,13H2,1H3,(H,23,26)(H,24,27)(H,25,28)/b22-12-. The minimum absolute atomic E-state index is 0.0992. The van der Waals surface area contributed by atoms with Crippen molar-refractivity contribution in [1.82, 2.24) is 10.7 Å². The zero-order chi connectivity index (χ0) is 21.3. The first-order valence-electron chi connectivity index (χ1n) is 9.34. The molecule has 3 N–H and O–H groups in total. The van der Waals surface area contributed by atoms with Crippen LogP contribution in [0.25, 0.3) is 0 Å². The normalized spacial score (nSPS) is 12.8. The van der Waals surface area contributed by atoms with Crippen LogP contribution in [0, 0.1) is 0 Å². The van der Waals surface area contributed by atoms with E-state index in [1.54, 1.807) is 55.6 Å². The summed E-state index contributed by atoms with van der Waals surface area (Å²) in [7, 11) is 1.55. The van der Waals surface area contributed by atoms with E-state index in [9.17, 15) is 14.4 Å². The molecule has 0 saturated heterocycles. The maximum Gasteiger partial charge on any atom is 0.329 e. The number of amides is 3. The second-order valence-corrected chi connectivity index (χ2v) is 6.59. The number of anilines is 1. The van der Waals surface area contributed by atoms with Crippen LogP contribution in [-0.4, -0.2) is 43.7 Å². The van der Waals surface area contributed by atoms with Gasteiger partial charge in [-0.25, -0.2) is 5.43 Å². The highest BCUT2D eigenvalue weighted by molar-refractivity contribution is 6.35. The Labute approximate surface area is 173 Å². The first-order chi connectivity index (χ1) is 14.5. The second-order valence-electron chi connectivity index (χ2n) is 6.59. The van der Waals surface area contributed by atoms with Crippen molar-refractivity contribution in [3.63, 3.8) is 0 Å². The molecule has 1 fully saturated rings. The summed E-state index contributed by atoms with van der Waals surface area (Å²) in [5.41, 5.74) is 3.40. The van der Waals surface area contributed by atoms with Gasteiger partial charge >= 0.3 is 11.8 Å². The fourth-order valence-corrected chi connectivity index (χ4v) is 2.43. The van der Waals surface area contributed by atoms with Crippen LogP contribution in [0.3, 0.4) is 0 Å². The quantitative estimate of drug-likeness (QED) is 0.346. The molecule has 0 unspecified atom stereocenters. The Balaban J connectivity index is 1.46. The van der Waals surface area contributed by atoms with Gasteiger partial charge in [0.25, 0.3) is 5.91 Å². The molecule has 30 heavy (non-hydrogen) atoms. The molecule has 3 rings (SSSR count). The lowest BCUT2D eigenvalue weighted by Gasteiger charge is -2.09. The van der Waals surface area contributed by atoms with Crippen LogP contribution < -0.4 is 25.5 Å². The predicted octanol–water partition coefficient (Wildman–Crippen LogP) is 1.44. The summed E-state index contributed by atoms with van der Waals surface area (Å²) in [5, 5.41) is 9.06. The Bertz CT molecular complexity index is 956. The lowest BCUT2D eigenvalue weighted by Crippen LogP contribution is -2.38. The van der Waals surface area contributed by atoms with Crippen molar-refractivity contribution in [2.24, 2.45) is 5.10 Å². The molecule has 9 nitrogen and oxygen atoms in total. The third-order valence-electron chi connectivity index (χ3n) is 4.08. The molecule has 3 amide bonds. The molecule has 1 aliphatic carbocycles. The monoisotopic (exact) mass is 410 g/mol. The predicted molar refractivity (Wildman–Crippen MR) is 110 cm³/mol. The summed E-state index contributed by atoms with van der Waals surface area (Å²) in [6.45, 7) is -0.185. The average molecular weight is 410 g/mol. The fraction of sp³-hybridized carbons (Fsp3) is 0.238. The summed E-state index contributed by atoms with van der Waals surface area (Å²) in [4.78, 5) is 35.2. The van der Waals surface area contributed by atoms with E-state index in [1.165, 1.54) is 6.21 Å². The summed E-state index contributed by atoms with van der Waals surface area (Å²) in [6, 6.07) is 13.9. The molecule has 1 aliphatic rings. The molecule has 0 bridgehead atoms. The molecular formula is C21H22N4O5. The number of carbonyl (C=O) groups is 3. The van der Waals surface area contributed by atoms with Crippen molar-refractivity contribution in [2.45, 2.75) is 18.9 Å². The maximum atomic E-state index is 12.1. The van der Waals surface area contributed by atoms with Gasteiger partial charge in [0.05, 0.1) is 13.3 Å². The van der Waals surface area contributed by atoms with Gasteiger partial charge in [-0.15, -0.1) is 0 Å². The number of hydrogen-bond donors (Lipinski definition) is 3. The summed E-state index contributed by atoms with van der Waals surface area (Å²) in [6.07, 6.45) is 3.17. The van der Waals surface area contributed by atoms with Crippen LogP contribution in [0.5, 0.6) is 11.5 Å². The third-order valence-corrected chi connectivity index (χ3v) is 4.08. The van der Waals surface area contributed by atoms with Gasteiger partial charge < -0.3 is 20.1 Å². The molecule has 0 spiro atoms. The largest absolute Gasteiger partial charge is 0.497 e. The fourth-order valence-electron chi connectivity index (χ4n) is 2.43. The van der Waals surface area contributed by atoms with Crippen molar-refractivity contribution in [3.05, 3.63) is 54.1 Å². The SMILES string of the molecule is COc1cccc(NC(=O)COc2cccc(/C=N\NC(=O)C(=O)NC3CC3)c2)c1. The smallest absolute Gasteiger partial charge is 0.329 e. The Morgan fingerprint density at radius 2 is 1.83 bits per heavy atom. The first-order valence-corrected chi connectivity index (χ1v) is 9.34. The molecule has 1 saturated carbocycles. The number of nitrogens with one attached hydrogen (secondary N) is 3. The molecule has 0 aliphatic heterocycles. The van der Waals surface area contributed by atoms with Crippen LogP contribution in [0.2, 0.25) is 0 Å². The molecule has 2 aromatic carbocycles. The van der Waals surface area contributed by atoms with E-state index in [2.05, 4.69) is 21.2 Å². The van der Waals surface area contributed by atoms with Crippen molar-refractivity contribution in [1.29, 1.82) is 0 Å². The van der Waals surface area contributed by atoms with Gasteiger partial charge in [0.1, 0.15) is 11.5 Å². The lowest BCUT2D eigenvalue weighted by atomic mass is 10.2. The van der Waals surface area contributed by atoms with Crippen LogP contribution >= 0.6 is 0 Å². The highest BCUT2D eigenvalue weighted by atomic mass is 16.5. The van der Waals surface area contributed by atoms with Crippen molar-refractivity contribution >= 4 is 29.6 Å². The van der Waals surface area contributed by atoms with Gasteiger partial charge in [-0.3, -0.25) is 14.4 Å². The minimum atomic E-state index is -0.820. The number of nitrogens with zero attached hydrogens (tertiary/aromatic N) is 1. The summed E-state index contributed by atoms with van der Waals surface area (Å²) >= 11 is 0. The summed E-state index contributed by atoms with van der Waals surface area (Å²) < 4.78 is 10.6. The number of benzene rings is 2. The zero-order valence-electron chi connectivity index (χ0n) is 16.4. The number of methoxy groups -OCH3 is 1. The number of hydrogen-bond acceptors (Lipinski definition) is 6. The highest BCUT2D eigenvalue weighted by Gasteiger charge is 2.26. The van der Waals surface area contributed by atoms with E-state index in [-0.39, 0.29) is 18.6 Å². The molecular weight excluding hydrogens is 388 g/mol. The molecule has 0 heterocycles. The molecule has 2 aromatic rings. The Morgan fingerprint density at radius 3 is 2.60 bits per heavy atom. The molecule has 0 aromatic heterocycles. The first kappa shape index (κ1) is 20.8. The van der Waals surface area contributed by atoms with E-state index in [0.29, 0.717) is 22.7 Å². The minimum Gasteiger partial charge on any atom is -0.497 e. The Hall–Kier alpha value is -3.88. The van der Waals surface area contributed by atoms with E-state index < -0.39 is 11.8 Å². The van der Waals surface area contributed by atoms with Crippen LogP contribution in [0.15, 0.2) is 53.6 Å². The molecule has 156 valence electrons. The zero-order valence-corrected chi connectivity index (χ0v) is 16.4. The van der Waals surface area contributed by atoms with Gasteiger partial charge in [-0.1, -0.05) is 18.2 Å². The average Bonchev–Trinajstić information content (AvgIpc) is 3.56. The van der Waals surface area contributed by atoms with Gasteiger partial charge in [-0.2, -0.15) is 5.10 Å². The van der Waals surface area contributed by atoms with E-state index in [0.717, 1.165) is 12.8 Å². The Kier molecular flexibility index (Phi) is 6.99. The molecule has 0 radical (unpaired) electrons. The van der Waals surface area contributed by atoms with E-state index in [4.69, 9.17) is 9.47 Å². The van der Waals surface area contributed by atoms with Gasteiger partial charge in [0.2, 0.25) is 0 Å². The number of rotatable bonds is 8. The summed E-state index contributed by atoms with van der Waals surface area (Å²) in [5.74, 6) is -0.750. The topological polar surface area (TPSA) is 118 Å². The van der Waals surface area contributed by atoms with Gasteiger partial charge in [0, 0.05) is 17.8 Å². The second kappa shape index (κ2) is 10.1. The van der Waals surface area contributed by atoms with Crippen LogP contribution in [0.1, 0.15) is 18.4 Å². The van der Waals surface area contributed by atoms with Gasteiger partial charge in [0.15, 0.2) is 6.61 Å². The van der Waals surface area contributed by atoms with Crippen molar-refractivity contribution in [3.8, 4) is 11.5 Å². The molecule has 9 heteroatoms. The lowest BCUT2D eigenvalue weighted by molar-refractivity contribution is -0.139. The van der Waals surface area contributed by atoms with Crippen molar-refractivity contribution < 1.29 is 23.9 Å². The van der Waals surface area contributed by atoms with Crippen LogP contribution in [-0.2, 0) is 14.4 Å². The Morgan fingerprint density at radius 1 is 1.07 bits per heavy atom. The number of ether oxygens (including phenoxy) is 2.